The molecule has 0 spiro atoms. The number of nitrogens with one attached hydrogen (secondary N) is 1. The highest BCUT2D eigenvalue weighted by Gasteiger charge is 2.21. The molecular weight excluding hydrogens is 234 g/mol. The van der Waals surface area contributed by atoms with Gasteiger partial charge >= 0.3 is 5.97 Å². The highest BCUT2D eigenvalue weighted by atomic mass is 16.5. The lowest BCUT2D eigenvalue weighted by atomic mass is 10.3. The van der Waals surface area contributed by atoms with Crippen LogP contribution in [0.4, 0.5) is 0 Å². The Morgan fingerprint density at radius 1 is 1.33 bits per heavy atom. The van der Waals surface area contributed by atoms with Crippen molar-refractivity contribution in [3.05, 3.63) is 12.7 Å². The number of amides is 1. The SMILES string of the molecule is C=CCNCC(=O)N1CCN(CC(=O)OC)CC1. The van der Waals surface area contributed by atoms with E-state index in [1.165, 1.54) is 7.11 Å². The Bertz CT molecular complexity index is 299. The van der Waals surface area contributed by atoms with E-state index in [9.17, 15) is 9.59 Å². The van der Waals surface area contributed by atoms with Crippen LogP contribution in [0.5, 0.6) is 0 Å². The van der Waals surface area contributed by atoms with Gasteiger partial charge in [0.05, 0.1) is 20.2 Å². The van der Waals surface area contributed by atoms with Crippen molar-refractivity contribution < 1.29 is 14.3 Å². The highest BCUT2D eigenvalue weighted by molar-refractivity contribution is 5.78. The molecule has 18 heavy (non-hydrogen) atoms. The quantitative estimate of drug-likeness (QED) is 0.378. The minimum atomic E-state index is -0.234. The second kappa shape index (κ2) is 7.84. The fourth-order valence-corrected chi connectivity index (χ4v) is 1.80. The highest BCUT2D eigenvalue weighted by Crippen LogP contribution is 2.01. The van der Waals surface area contributed by atoms with E-state index < -0.39 is 0 Å². The first-order valence-corrected chi connectivity index (χ1v) is 6.06. The molecule has 1 rings (SSSR count). The van der Waals surface area contributed by atoms with Crippen LogP contribution in [0, 0.1) is 0 Å². The smallest absolute Gasteiger partial charge is 0.319 e. The predicted octanol–water partition coefficient (Wildman–Crippen LogP) is -0.921. The molecule has 0 aromatic carbocycles. The average molecular weight is 255 g/mol. The number of esters is 1. The molecule has 0 aromatic heterocycles. The van der Waals surface area contributed by atoms with E-state index in [4.69, 9.17) is 0 Å². The average Bonchev–Trinajstić information content (AvgIpc) is 2.39. The first kappa shape index (κ1) is 14.7. The molecule has 6 nitrogen and oxygen atoms in total. The Morgan fingerprint density at radius 2 is 2.00 bits per heavy atom. The van der Waals surface area contributed by atoms with Gasteiger partial charge in [-0.2, -0.15) is 0 Å². The molecule has 0 aromatic rings. The zero-order chi connectivity index (χ0) is 13.4. The Hall–Kier alpha value is -1.40. The van der Waals surface area contributed by atoms with Gasteiger partial charge in [0.25, 0.3) is 0 Å². The summed E-state index contributed by atoms with van der Waals surface area (Å²) < 4.78 is 4.61. The van der Waals surface area contributed by atoms with Crippen LogP contribution >= 0.6 is 0 Å². The van der Waals surface area contributed by atoms with E-state index in [0.717, 1.165) is 0 Å². The second-order valence-corrected chi connectivity index (χ2v) is 4.15. The first-order chi connectivity index (χ1) is 8.67. The molecule has 0 atom stereocenters. The van der Waals surface area contributed by atoms with E-state index in [2.05, 4.69) is 16.6 Å². The maximum atomic E-state index is 11.8. The lowest BCUT2D eigenvalue weighted by Crippen LogP contribution is -2.51. The first-order valence-electron chi connectivity index (χ1n) is 6.06. The molecule has 1 aliphatic rings. The van der Waals surface area contributed by atoms with Gasteiger partial charge < -0.3 is 15.0 Å². The molecule has 1 heterocycles. The largest absolute Gasteiger partial charge is 0.468 e. The molecule has 1 aliphatic heterocycles. The molecule has 102 valence electrons. The summed E-state index contributed by atoms with van der Waals surface area (Å²) in [5.41, 5.74) is 0. The Balaban J connectivity index is 2.23. The molecule has 0 saturated carbocycles. The third kappa shape index (κ3) is 4.85. The number of hydrogen-bond acceptors (Lipinski definition) is 5. The number of piperazine rings is 1. The van der Waals surface area contributed by atoms with Crippen LogP contribution in [-0.4, -0.2) is 74.6 Å². The summed E-state index contributed by atoms with van der Waals surface area (Å²) in [5.74, 6) is -0.142. The van der Waals surface area contributed by atoms with Gasteiger partial charge in [0, 0.05) is 32.7 Å². The fourth-order valence-electron chi connectivity index (χ4n) is 1.80. The minimum Gasteiger partial charge on any atom is -0.468 e. The summed E-state index contributed by atoms with van der Waals surface area (Å²) in [6.07, 6.45) is 1.72. The molecule has 6 heteroatoms. The standard InChI is InChI=1S/C12H21N3O3/c1-3-4-13-9-11(16)15-7-5-14(6-8-15)10-12(17)18-2/h3,13H,1,4-10H2,2H3. The van der Waals surface area contributed by atoms with Crippen LogP contribution in [0.1, 0.15) is 0 Å². The summed E-state index contributed by atoms with van der Waals surface area (Å²) in [7, 11) is 1.38. The molecule has 0 radical (unpaired) electrons. The van der Waals surface area contributed by atoms with Crippen molar-refractivity contribution in [2.45, 2.75) is 0 Å². The number of ether oxygens (including phenoxy) is 1. The number of methoxy groups -OCH3 is 1. The zero-order valence-corrected chi connectivity index (χ0v) is 10.9. The van der Waals surface area contributed by atoms with Crippen molar-refractivity contribution in [1.82, 2.24) is 15.1 Å². The molecule has 0 aliphatic carbocycles. The van der Waals surface area contributed by atoms with Crippen LogP contribution in [0.25, 0.3) is 0 Å². The van der Waals surface area contributed by atoms with E-state index in [1.807, 2.05) is 9.80 Å². The Morgan fingerprint density at radius 3 is 2.56 bits per heavy atom. The van der Waals surface area contributed by atoms with Gasteiger partial charge in [-0.05, 0) is 0 Å². The van der Waals surface area contributed by atoms with Gasteiger partial charge in [0.2, 0.25) is 5.91 Å². The normalized spacial score (nSPS) is 16.4. The maximum Gasteiger partial charge on any atom is 0.319 e. The number of carbonyl (C=O) groups is 2. The summed E-state index contributed by atoms with van der Waals surface area (Å²) in [5, 5.41) is 2.99. The summed E-state index contributed by atoms with van der Waals surface area (Å²) >= 11 is 0. The second-order valence-electron chi connectivity index (χ2n) is 4.15. The molecular formula is C12H21N3O3. The van der Waals surface area contributed by atoms with Gasteiger partial charge in [-0.3, -0.25) is 14.5 Å². The van der Waals surface area contributed by atoms with E-state index >= 15 is 0 Å². The third-order valence-electron chi connectivity index (χ3n) is 2.87. The fraction of sp³-hybridized carbons (Fsp3) is 0.667. The molecule has 0 unspecified atom stereocenters. The van der Waals surface area contributed by atoms with E-state index in [1.54, 1.807) is 6.08 Å². The molecule has 0 bridgehead atoms. The third-order valence-corrected chi connectivity index (χ3v) is 2.87. The number of rotatable bonds is 6. The zero-order valence-electron chi connectivity index (χ0n) is 10.9. The summed E-state index contributed by atoms with van der Waals surface area (Å²) in [6.45, 7) is 7.58. The molecule has 1 amide bonds. The molecule has 1 N–H and O–H groups in total. The lowest BCUT2D eigenvalue weighted by molar-refractivity contribution is -0.142. The number of hydrogen-bond donors (Lipinski definition) is 1. The summed E-state index contributed by atoms with van der Waals surface area (Å²) in [4.78, 5) is 26.7. The van der Waals surface area contributed by atoms with Crippen molar-refractivity contribution in [2.24, 2.45) is 0 Å². The van der Waals surface area contributed by atoms with Crippen LogP contribution in [0.3, 0.4) is 0 Å². The van der Waals surface area contributed by atoms with Gasteiger partial charge in [0.15, 0.2) is 0 Å². The number of carbonyl (C=O) groups excluding carboxylic acids is 2. The van der Waals surface area contributed by atoms with Crippen molar-refractivity contribution in [3.63, 3.8) is 0 Å². The van der Waals surface area contributed by atoms with Crippen LogP contribution in [-0.2, 0) is 14.3 Å². The van der Waals surface area contributed by atoms with Crippen molar-refractivity contribution >= 4 is 11.9 Å². The number of nitrogens with zero attached hydrogens (tertiary/aromatic N) is 2. The van der Waals surface area contributed by atoms with Gasteiger partial charge in [-0.15, -0.1) is 6.58 Å². The molecule has 1 fully saturated rings. The maximum absolute atomic E-state index is 11.8. The van der Waals surface area contributed by atoms with Crippen molar-refractivity contribution in [2.75, 3.05) is 52.9 Å². The topological polar surface area (TPSA) is 61.9 Å². The van der Waals surface area contributed by atoms with Gasteiger partial charge in [-0.1, -0.05) is 6.08 Å². The minimum absolute atomic E-state index is 0.0922. The van der Waals surface area contributed by atoms with Gasteiger partial charge in [-0.25, -0.2) is 0 Å². The van der Waals surface area contributed by atoms with Crippen LogP contribution < -0.4 is 5.32 Å². The monoisotopic (exact) mass is 255 g/mol. The predicted molar refractivity (Wildman–Crippen MR) is 68.1 cm³/mol. The summed E-state index contributed by atoms with van der Waals surface area (Å²) in [6, 6.07) is 0. The van der Waals surface area contributed by atoms with Crippen molar-refractivity contribution in [1.29, 1.82) is 0 Å². The molecule has 1 saturated heterocycles. The Labute approximate surface area is 108 Å². The van der Waals surface area contributed by atoms with E-state index in [-0.39, 0.29) is 11.9 Å². The van der Waals surface area contributed by atoms with Crippen LogP contribution in [0.2, 0.25) is 0 Å². The Kier molecular flexibility index (Phi) is 6.38. The van der Waals surface area contributed by atoms with Crippen LogP contribution in [0.15, 0.2) is 12.7 Å². The van der Waals surface area contributed by atoms with E-state index in [0.29, 0.717) is 45.8 Å². The van der Waals surface area contributed by atoms with Crippen molar-refractivity contribution in [3.8, 4) is 0 Å². The van der Waals surface area contributed by atoms with Gasteiger partial charge in [0.1, 0.15) is 0 Å². The lowest BCUT2D eigenvalue weighted by Gasteiger charge is -2.34.